The molecule has 5 aromatic carbocycles. The lowest BCUT2D eigenvalue weighted by molar-refractivity contribution is 0.0725. The predicted molar refractivity (Wildman–Crippen MR) is 161 cm³/mol. The standard InChI is InChI=1S/C37H26O5/c38-35(26-16-19-30(20-17-26)41-36(39)27-12-6-2-7-13-27)33-22-18-29-24-31(42-37(40)28-14-8-3-9-15-28)21-23-32(29)34(33)25-10-4-1-5-11-25/h1-17,19-21,23-24H,18,22H2. The van der Waals surface area contributed by atoms with Gasteiger partial charge in [-0.05, 0) is 95.8 Å². The quantitative estimate of drug-likeness (QED) is 0.118. The highest BCUT2D eigenvalue weighted by molar-refractivity contribution is 6.15. The predicted octanol–water partition coefficient (Wildman–Crippen LogP) is 7.76. The van der Waals surface area contributed by atoms with Gasteiger partial charge in [-0.25, -0.2) is 9.59 Å². The molecule has 0 saturated carbocycles. The molecule has 0 spiro atoms. The number of carbonyl (C=O) groups is 3. The maximum absolute atomic E-state index is 13.9. The van der Waals surface area contributed by atoms with Crippen LogP contribution in [-0.2, 0) is 6.42 Å². The zero-order chi connectivity index (χ0) is 28.9. The van der Waals surface area contributed by atoms with E-state index in [0.717, 1.165) is 22.3 Å². The molecule has 0 heterocycles. The Kier molecular flexibility index (Phi) is 7.56. The molecule has 42 heavy (non-hydrogen) atoms. The first-order chi connectivity index (χ1) is 20.6. The largest absolute Gasteiger partial charge is 0.423 e. The van der Waals surface area contributed by atoms with Gasteiger partial charge < -0.3 is 9.47 Å². The van der Waals surface area contributed by atoms with Gasteiger partial charge in [-0.2, -0.15) is 0 Å². The maximum atomic E-state index is 13.9. The van der Waals surface area contributed by atoms with Gasteiger partial charge in [-0.1, -0.05) is 72.8 Å². The van der Waals surface area contributed by atoms with Crippen molar-refractivity contribution in [3.63, 3.8) is 0 Å². The number of esters is 2. The molecule has 0 unspecified atom stereocenters. The number of allylic oxidation sites excluding steroid dienone is 1. The second-order valence-corrected chi connectivity index (χ2v) is 9.90. The number of hydrogen-bond donors (Lipinski definition) is 0. The maximum Gasteiger partial charge on any atom is 0.343 e. The van der Waals surface area contributed by atoms with Crippen LogP contribution < -0.4 is 9.47 Å². The minimum Gasteiger partial charge on any atom is -0.423 e. The Labute approximate surface area is 243 Å². The number of aryl methyl sites for hydroxylation is 1. The SMILES string of the molecule is O=C(Oc1ccc(C(=O)C2=C(c3ccccc3)c3ccc(OC(=O)c4ccccc4)cc3CC2)cc1)c1ccccc1. The fraction of sp³-hybridized carbons (Fsp3) is 0.0541. The van der Waals surface area contributed by atoms with Gasteiger partial charge >= 0.3 is 11.9 Å². The van der Waals surface area contributed by atoms with E-state index in [1.807, 2.05) is 54.6 Å². The summed E-state index contributed by atoms with van der Waals surface area (Å²) in [4.78, 5) is 38.9. The highest BCUT2D eigenvalue weighted by Gasteiger charge is 2.26. The Hall–Kier alpha value is -5.55. The Balaban J connectivity index is 1.29. The molecular formula is C37H26O5. The first-order valence-electron chi connectivity index (χ1n) is 13.7. The summed E-state index contributed by atoms with van der Waals surface area (Å²) < 4.78 is 11.1. The number of carbonyl (C=O) groups excluding carboxylic acids is 3. The van der Waals surface area contributed by atoms with Gasteiger partial charge in [0.05, 0.1) is 11.1 Å². The topological polar surface area (TPSA) is 69.7 Å². The number of fused-ring (bicyclic) bond motifs is 1. The molecule has 0 N–H and O–H groups in total. The minimum atomic E-state index is -0.457. The molecule has 1 aliphatic carbocycles. The fourth-order valence-electron chi connectivity index (χ4n) is 5.12. The molecule has 0 fully saturated rings. The van der Waals surface area contributed by atoms with Crippen molar-refractivity contribution in [2.75, 3.05) is 0 Å². The third-order valence-electron chi connectivity index (χ3n) is 7.19. The third-order valence-corrected chi connectivity index (χ3v) is 7.19. The average Bonchev–Trinajstić information content (AvgIpc) is 3.05. The molecular weight excluding hydrogens is 524 g/mol. The number of benzene rings is 5. The van der Waals surface area contributed by atoms with Crippen LogP contribution in [0.2, 0.25) is 0 Å². The van der Waals surface area contributed by atoms with Crippen LogP contribution in [0.1, 0.15) is 54.2 Å². The van der Waals surface area contributed by atoms with Crippen LogP contribution in [-0.4, -0.2) is 17.7 Å². The molecule has 0 amide bonds. The van der Waals surface area contributed by atoms with Crippen molar-refractivity contribution >= 4 is 23.3 Å². The first kappa shape index (κ1) is 26.7. The average molecular weight is 551 g/mol. The van der Waals surface area contributed by atoms with Crippen LogP contribution in [0.15, 0.2) is 139 Å². The van der Waals surface area contributed by atoms with E-state index in [9.17, 15) is 14.4 Å². The summed E-state index contributed by atoms with van der Waals surface area (Å²) in [6, 6.07) is 39.7. The summed E-state index contributed by atoms with van der Waals surface area (Å²) in [6.07, 6.45) is 1.15. The molecule has 0 aliphatic heterocycles. The van der Waals surface area contributed by atoms with E-state index in [1.165, 1.54) is 0 Å². The highest BCUT2D eigenvalue weighted by atomic mass is 16.5. The number of Topliss-reactive ketones (excluding diaryl/α,β-unsaturated/α-hetero) is 1. The number of ether oxygens (including phenoxy) is 2. The van der Waals surface area contributed by atoms with E-state index in [2.05, 4.69) is 0 Å². The van der Waals surface area contributed by atoms with Crippen LogP contribution >= 0.6 is 0 Å². The van der Waals surface area contributed by atoms with Crippen molar-refractivity contribution < 1.29 is 23.9 Å². The lowest BCUT2D eigenvalue weighted by atomic mass is 9.79. The lowest BCUT2D eigenvalue weighted by Gasteiger charge is -2.24. The Morgan fingerprint density at radius 1 is 0.500 bits per heavy atom. The summed E-state index contributed by atoms with van der Waals surface area (Å²) in [5.74, 6) is -0.130. The third kappa shape index (κ3) is 5.67. The van der Waals surface area contributed by atoms with Gasteiger partial charge in [0.2, 0.25) is 0 Å². The number of rotatable bonds is 7. The van der Waals surface area contributed by atoms with Gasteiger partial charge in [0.15, 0.2) is 5.78 Å². The van der Waals surface area contributed by atoms with Crippen molar-refractivity contribution in [3.8, 4) is 11.5 Å². The molecule has 0 bridgehead atoms. The Morgan fingerprint density at radius 3 is 1.62 bits per heavy atom. The van der Waals surface area contributed by atoms with Gasteiger partial charge in [0.25, 0.3) is 0 Å². The zero-order valence-corrected chi connectivity index (χ0v) is 22.7. The highest BCUT2D eigenvalue weighted by Crippen LogP contribution is 2.39. The Bertz CT molecular complexity index is 1790. The van der Waals surface area contributed by atoms with E-state index in [-0.39, 0.29) is 5.78 Å². The molecule has 0 radical (unpaired) electrons. The second-order valence-electron chi connectivity index (χ2n) is 9.90. The van der Waals surface area contributed by atoms with Crippen LogP contribution in [0.3, 0.4) is 0 Å². The van der Waals surface area contributed by atoms with Crippen molar-refractivity contribution in [3.05, 3.63) is 172 Å². The monoisotopic (exact) mass is 550 g/mol. The molecule has 5 aromatic rings. The fourth-order valence-corrected chi connectivity index (χ4v) is 5.12. The Morgan fingerprint density at radius 2 is 1.02 bits per heavy atom. The first-order valence-corrected chi connectivity index (χ1v) is 13.7. The minimum absolute atomic E-state index is 0.0833. The van der Waals surface area contributed by atoms with Crippen LogP contribution in [0.25, 0.3) is 5.57 Å². The van der Waals surface area contributed by atoms with E-state index in [1.54, 1.807) is 78.9 Å². The van der Waals surface area contributed by atoms with Gasteiger partial charge in [0.1, 0.15) is 11.5 Å². The summed E-state index contributed by atoms with van der Waals surface area (Å²) >= 11 is 0. The van der Waals surface area contributed by atoms with Crippen molar-refractivity contribution in [2.45, 2.75) is 12.8 Å². The normalized spacial score (nSPS) is 12.3. The lowest BCUT2D eigenvalue weighted by Crippen LogP contribution is -2.15. The summed E-state index contributed by atoms with van der Waals surface area (Å²) in [6.45, 7) is 0. The van der Waals surface area contributed by atoms with Crippen molar-refractivity contribution in [2.24, 2.45) is 0 Å². The van der Waals surface area contributed by atoms with Gasteiger partial charge in [-0.3, -0.25) is 4.79 Å². The van der Waals surface area contributed by atoms with Gasteiger partial charge in [0, 0.05) is 11.1 Å². The van der Waals surface area contributed by atoms with Crippen LogP contribution in [0.5, 0.6) is 11.5 Å². The smallest absolute Gasteiger partial charge is 0.343 e. The molecule has 0 atom stereocenters. The molecule has 204 valence electrons. The number of hydrogen-bond acceptors (Lipinski definition) is 5. The summed E-state index contributed by atoms with van der Waals surface area (Å²) in [5.41, 5.74) is 5.89. The van der Waals surface area contributed by atoms with Crippen LogP contribution in [0.4, 0.5) is 0 Å². The van der Waals surface area contributed by atoms with E-state index < -0.39 is 11.9 Å². The van der Waals surface area contributed by atoms with E-state index in [0.29, 0.717) is 46.6 Å². The zero-order valence-electron chi connectivity index (χ0n) is 22.7. The second kappa shape index (κ2) is 11.9. The molecule has 6 rings (SSSR count). The molecule has 1 aliphatic rings. The summed E-state index contributed by atoms with van der Waals surface area (Å²) in [5, 5.41) is 0. The summed E-state index contributed by atoms with van der Waals surface area (Å²) in [7, 11) is 0. The van der Waals surface area contributed by atoms with E-state index in [4.69, 9.17) is 9.47 Å². The van der Waals surface area contributed by atoms with Crippen LogP contribution in [0, 0.1) is 0 Å². The number of ketones is 1. The van der Waals surface area contributed by atoms with Gasteiger partial charge in [-0.15, -0.1) is 0 Å². The van der Waals surface area contributed by atoms with Crippen molar-refractivity contribution in [1.82, 2.24) is 0 Å². The molecule has 0 aromatic heterocycles. The molecule has 5 nitrogen and oxygen atoms in total. The van der Waals surface area contributed by atoms with E-state index >= 15 is 0 Å². The molecule has 5 heteroatoms. The molecule has 0 saturated heterocycles. The van der Waals surface area contributed by atoms with Crippen molar-refractivity contribution in [1.29, 1.82) is 0 Å².